The molecule has 0 radical (unpaired) electrons. The van der Waals surface area contributed by atoms with Gasteiger partial charge in [0.25, 0.3) is 0 Å². The first-order valence-corrected chi connectivity index (χ1v) is 5.31. The van der Waals surface area contributed by atoms with Crippen LogP contribution in [0.5, 0.6) is 0 Å². The average Bonchev–Trinajstić information content (AvgIpc) is 2.86. The molecule has 98 valence electrons. The molecule has 0 aromatic carbocycles. The van der Waals surface area contributed by atoms with E-state index in [2.05, 4.69) is 5.10 Å². The van der Waals surface area contributed by atoms with Gasteiger partial charge in [0.15, 0.2) is 5.69 Å². The second kappa shape index (κ2) is 4.49. The van der Waals surface area contributed by atoms with Crippen molar-refractivity contribution in [2.45, 2.75) is 25.2 Å². The minimum Gasteiger partial charge on any atom is -0.467 e. The molecule has 0 saturated carbocycles. The molecular formula is C11H12F3N3O. The van der Waals surface area contributed by atoms with Crippen molar-refractivity contribution in [1.82, 2.24) is 9.78 Å². The van der Waals surface area contributed by atoms with Crippen molar-refractivity contribution in [1.29, 1.82) is 0 Å². The van der Waals surface area contributed by atoms with Gasteiger partial charge in [-0.1, -0.05) is 0 Å². The van der Waals surface area contributed by atoms with Crippen LogP contribution in [0.15, 0.2) is 35.1 Å². The standard InChI is InChI=1S/C11H12F3N3O/c1-7(15)10(8-3-2-6-18-8)17-5-4-9(16-17)11(12,13)14/h2-7,10H,15H2,1H3. The van der Waals surface area contributed by atoms with Gasteiger partial charge in [0.2, 0.25) is 0 Å². The predicted octanol–water partition coefficient (Wildman–Crippen LogP) is 2.43. The number of rotatable bonds is 3. The lowest BCUT2D eigenvalue weighted by atomic mass is 10.1. The molecule has 0 fully saturated rings. The van der Waals surface area contributed by atoms with Gasteiger partial charge in [0.05, 0.1) is 6.26 Å². The normalized spacial score (nSPS) is 15.6. The summed E-state index contributed by atoms with van der Waals surface area (Å²) in [6, 6.07) is 3.23. The van der Waals surface area contributed by atoms with Gasteiger partial charge in [0.1, 0.15) is 11.8 Å². The van der Waals surface area contributed by atoms with Crippen LogP contribution in [0, 0.1) is 0 Å². The Kier molecular flexibility index (Phi) is 3.16. The summed E-state index contributed by atoms with van der Waals surface area (Å²) in [4.78, 5) is 0. The molecule has 2 unspecified atom stereocenters. The van der Waals surface area contributed by atoms with Crippen LogP contribution in [0.4, 0.5) is 13.2 Å². The van der Waals surface area contributed by atoms with Crippen molar-refractivity contribution in [3.05, 3.63) is 42.1 Å². The largest absolute Gasteiger partial charge is 0.467 e. The van der Waals surface area contributed by atoms with Crippen LogP contribution in [0.3, 0.4) is 0 Å². The Morgan fingerprint density at radius 2 is 2.11 bits per heavy atom. The van der Waals surface area contributed by atoms with E-state index in [1.165, 1.54) is 17.1 Å². The molecule has 0 aliphatic rings. The Labute approximate surface area is 101 Å². The van der Waals surface area contributed by atoms with Gasteiger partial charge >= 0.3 is 6.18 Å². The fourth-order valence-corrected chi connectivity index (χ4v) is 1.73. The van der Waals surface area contributed by atoms with Crippen LogP contribution >= 0.6 is 0 Å². The molecule has 18 heavy (non-hydrogen) atoms. The van der Waals surface area contributed by atoms with Crippen LogP contribution in [-0.4, -0.2) is 15.8 Å². The summed E-state index contributed by atoms with van der Waals surface area (Å²) in [6.45, 7) is 1.68. The third-order valence-corrected chi connectivity index (χ3v) is 2.52. The first-order chi connectivity index (χ1) is 8.39. The second-order valence-electron chi connectivity index (χ2n) is 4.00. The molecule has 0 bridgehead atoms. The molecule has 0 aliphatic heterocycles. The minimum atomic E-state index is -4.46. The molecule has 4 nitrogen and oxygen atoms in total. The van der Waals surface area contributed by atoms with Gasteiger partial charge in [-0.25, -0.2) is 0 Å². The molecule has 0 saturated heterocycles. The number of furan rings is 1. The van der Waals surface area contributed by atoms with E-state index in [1.807, 2.05) is 0 Å². The molecule has 0 spiro atoms. The lowest BCUT2D eigenvalue weighted by molar-refractivity contribution is -0.141. The zero-order chi connectivity index (χ0) is 13.3. The number of alkyl halides is 3. The highest BCUT2D eigenvalue weighted by Gasteiger charge is 2.34. The Bertz CT molecular complexity index is 502. The molecule has 2 aromatic heterocycles. The fourth-order valence-electron chi connectivity index (χ4n) is 1.73. The van der Waals surface area contributed by atoms with Gasteiger partial charge in [-0.3, -0.25) is 4.68 Å². The number of hydrogen-bond acceptors (Lipinski definition) is 3. The zero-order valence-electron chi connectivity index (χ0n) is 9.56. The van der Waals surface area contributed by atoms with Crippen molar-refractivity contribution in [2.24, 2.45) is 5.73 Å². The minimum absolute atomic E-state index is 0.433. The van der Waals surface area contributed by atoms with Crippen molar-refractivity contribution in [2.75, 3.05) is 0 Å². The highest BCUT2D eigenvalue weighted by atomic mass is 19.4. The van der Waals surface area contributed by atoms with Gasteiger partial charge in [0, 0.05) is 12.2 Å². The lowest BCUT2D eigenvalue weighted by Gasteiger charge is -2.19. The van der Waals surface area contributed by atoms with Crippen LogP contribution in [0.1, 0.15) is 24.4 Å². The number of nitrogens with zero attached hydrogens (tertiary/aromatic N) is 2. The maximum absolute atomic E-state index is 12.5. The first-order valence-electron chi connectivity index (χ1n) is 5.31. The van der Waals surface area contributed by atoms with Gasteiger partial charge in [-0.05, 0) is 25.1 Å². The van der Waals surface area contributed by atoms with Crippen LogP contribution < -0.4 is 5.73 Å². The fraction of sp³-hybridized carbons (Fsp3) is 0.364. The van der Waals surface area contributed by atoms with Gasteiger partial charge in [-0.2, -0.15) is 18.3 Å². The second-order valence-corrected chi connectivity index (χ2v) is 4.00. The van der Waals surface area contributed by atoms with Crippen molar-refractivity contribution in [3.63, 3.8) is 0 Å². The number of nitrogens with two attached hydrogens (primary N) is 1. The summed E-state index contributed by atoms with van der Waals surface area (Å²) in [5, 5.41) is 3.51. The van der Waals surface area contributed by atoms with Crippen LogP contribution in [-0.2, 0) is 6.18 Å². The molecule has 2 aromatic rings. The summed E-state index contributed by atoms with van der Waals surface area (Å²) in [5.74, 6) is 0.474. The van der Waals surface area contributed by atoms with Crippen molar-refractivity contribution in [3.8, 4) is 0 Å². The number of aromatic nitrogens is 2. The summed E-state index contributed by atoms with van der Waals surface area (Å²) in [6.07, 6.45) is -1.77. The van der Waals surface area contributed by atoms with Crippen molar-refractivity contribution < 1.29 is 17.6 Å². The average molecular weight is 259 g/mol. The summed E-state index contributed by atoms with van der Waals surface area (Å²) < 4.78 is 43.8. The van der Waals surface area contributed by atoms with E-state index in [0.717, 1.165) is 6.07 Å². The molecule has 2 atom stereocenters. The monoisotopic (exact) mass is 259 g/mol. The molecule has 0 aliphatic carbocycles. The Morgan fingerprint density at radius 3 is 2.56 bits per heavy atom. The number of halogens is 3. The first kappa shape index (κ1) is 12.7. The molecular weight excluding hydrogens is 247 g/mol. The molecule has 0 amide bonds. The van der Waals surface area contributed by atoms with E-state index in [1.54, 1.807) is 19.1 Å². The Balaban J connectivity index is 2.36. The maximum Gasteiger partial charge on any atom is 0.435 e. The maximum atomic E-state index is 12.5. The van der Waals surface area contributed by atoms with E-state index in [-0.39, 0.29) is 0 Å². The van der Waals surface area contributed by atoms with E-state index in [4.69, 9.17) is 10.2 Å². The third kappa shape index (κ3) is 2.40. The van der Waals surface area contributed by atoms with E-state index in [0.29, 0.717) is 5.76 Å². The smallest absolute Gasteiger partial charge is 0.435 e. The molecule has 2 heterocycles. The quantitative estimate of drug-likeness (QED) is 0.921. The third-order valence-electron chi connectivity index (χ3n) is 2.52. The molecule has 2 N–H and O–H groups in total. The van der Waals surface area contributed by atoms with Gasteiger partial charge < -0.3 is 10.2 Å². The lowest BCUT2D eigenvalue weighted by Crippen LogP contribution is -2.30. The highest BCUT2D eigenvalue weighted by molar-refractivity contribution is 5.11. The predicted molar refractivity (Wildman–Crippen MR) is 57.7 cm³/mol. The summed E-state index contributed by atoms with van der Waals surface area (Å²) in [7, 11) is 0. The SMILES string of the molecule is CC(N)C(c1ccco1)n1ccc(C(F)(F)F)n1. The van der Waals surface area contributed by atoms with E-state index >= 15 is 0 Å². The molecule has 2 rings (SSSR count). The van der Waals surface area contributed by atoms with Gasteiger partial charge in [-0.15, -0.1) is 0 Å². The highest BCUT2D eigenvalue weighted by Crippen LogP contribution is 2.29. The Hall–Kier alpha value is -1.76. The van der Waals surface area contributed by atoms with Crippen LogP contribution in [0.25, 0.3) is 0 Å². The van der Waals surface area contributed by atoms with E-state index in [9.17, 15) is 13.2 Å². The summed E-state index contributed by atoms with van der Waals surface area (Å²) in [5.41, 5.74) is 4.83. The topological polar surface area (TPSA) is 57.0 Å². The van der Waals surface area contributed by atoms with E-state index < -0.39 is 24.0 Å². The molecule has 7 heteroatoms. The Morgan fingerprint density at radius 1 is 1.39 bits per heavy atom. The van der Waals surface area contributed by atoms with Crippen molar-refractivity contribution >= 4 is 0 Å². The zero-order valence-corrected chi connectivity index (χ0v) is 9.56. The number of hydrogen-bond donors (Lipinski definition) is 1. The van der Waals surface area contributed by atoms with Crippen LogP contribution in [0.2, 0.25) is 0 Å². The summed E-state index contributed by atoms with van der Waals surface area (Å²) >= 11 is 0.